The van der Waals surface area contributed by atoms with Crippen molar-refractivity contribution in [1.82, 2.24) is 0 Å². The van der Waals surface area contributed by atoms with Gasteiger partial charge >= 0.3 is 0 Å². The van der Waals surface area contributed by atoms with Crippen molar-refractivity contribution in [2.75, 3.05) is 17.6 Å². The second-order valence-electron chi connectivity index (χ2n) is 5.62. The molecule has 0 radical (unpaired) electrons. The van der Waals surface area contributed by atoms with E-state index in [1.807, 2.05) is 0 Å². The molecule has 0 saturated carbocycles. The molecule has 130 valence electrons. The molecule has 0 amide bonds. The Morgan fingerprint density at radius 2 is 1.36 bits per heavy atom. The van der Waals surface area contributed by atoms with Crippen LogP contribution in [0.3, 0.4) is 0 Å². The number of halogens is 1. The molecule has 0 bridgehead atoms. The van der Waals surface area contributed by atoms with E-state index in [2.05, 4.69) is 48.3 Å². The van der Waals surface area contributed by atoms with Gasteiger partial charge < -0.3 is 9.47 Å². The summed E-state index contributed by atoms with van der Waals surface area (Å²) in [5.74, 6) is 6.53. The maximum atomic E-state index is 5.85. The molecule has 0 aromatic carbocycles. The summed E-state index contributed by atoms with van der Waals surface area (Å²) in [6.45, 7) is 6.04. The van der Waals surface area contributed by atoms with Crippen LogP contribution in [0, 0.1) is 11.8 Å². The standard InChI is InChI=1S/C19H35IO2/c1-3-5-17-21-19(22-18-6-4-2)15-13-11-9-7-8-10-12-14-16-20/h19H,3-7,9,11-18H2,1-2H3. The third-order valence-corrected chi connectivity index (χ3v) is 4.17. The van der Waals surface area contributed by atoms with Gasteiger partial charge in [-0.1, -0.05) is 55.7 Å². The van der Waals surface area contributed by atoms with Crippen molar-refractivity contribution in [2.45, 2.75) is 90.8 Å². The van der Waals surface area contributed by atoms with Crippen LogP contribution in [0.2, 0.25) is 0 Å². The molecule has 0 heterocycles. The van der Waals surface area contributed by atoms with Gasteiger partial charge in [-0.15, -0.1) is 11.8 Å². The number of rotatable bonds is 15. The molecule has 0 fully saturated rings. The van der Waals surface area contributed by atoms with Crippen LogP contribution in [0.4, 0.5) is 0 Å². The minimum Gasteiger partial charge on any atom is -0.353 e. The van der Waals surface area contributed by atoms with E-state index in [4.69, 9.17) is 9.47 Å². The normalized spacial score (nSPS) is 10.7. The molecule has 0 atom stereocenters. The third-order valence-electron chi connectivity index (χ3n) is 3.41. The molecule has 0 aliphatic rings. The number of hydrogen-bond acceptors (Lipinski definition) is 2. The number of ether oxygens (including phenoxy) is 2. The summed E-state index contributed by atoms with van der Waals surface area (Å²) in [4.78, 5) is 0. The highest BCUT2D eigenvalue weighted by Gasteiger charge is 2.08. The quantitative estimate of drug-likeness (QED) is 0.104. The Morgan fingerprint density at radius 3 is 1.91 bits per heavy atom. The molecular formula is C19H35IO2. The smallest absolute Gasteiger partial charge is 0.157 e. The molecule has 0 unspecified atom stereocenters. The highest BCUT2D eigenvalue weighted by Crippen LogP contribution is 2.11. The molecular weight excluding hydrogens is 387 g/mol. The Bertz CT molecular complexity index is 260. The summed E-state index contributed by atoms with van der Waals surface area (Å²) in [7, 11) is 0. The van der Waals surface area contributed by atoms with Crippen molar-refractivity contribution in [3.8, 4) is 11.8 Å². The molecule has 2 nitrogen and oxygen atoms in total. The predicted molar refractivity (Wildman–Crippen MR) is 104 cm³/mol. The van der Waals surface area contributed by atoms with Crippen LogP contribution in [0.1, 0.15) is 84.5 Å². The Morgan fingerprint density at radius 1 is 0.773 bits per heavy atom. The van der Waals surface area contributed by atoms with Crippen LogP contribution in [0.25, 0.3) is 0 Å². The molecule has 3 heteroatoms. The molecule has 0 aliphatic heterocycles. The van der Waals surface area contributed by atoms with Crippen molar-refractivity contribution in [3.63, 3.8) is 0 Å². The van der Waals surface area contributed by atoms with Crippen molar-refractivity contribution < 1.29 is 9.47 Å². The summed E-state index contributed by atoms with van der Waals surface area (Å²) in [5.41, 5.74) is 0. The Labute approximate surface area is 152 Å². The van der Waals surface area contributed by atoms with Crippen LogP contribution >= 0.6 is 22.6 Å². The fourth-order valence-corrected chi connectivity index (χ4v) is 2.35. The molecule has 22 heavy (non-hydrogen) atoms. The van der Waals surface area contributed by atoms with E-state index in [-0.39, 0.29) is 6.29 Å². The van der Waals surface area contributed by atoms with Crippen LogP contribution in [-0.4, -0.2) is 23.9 Å². The van der Waals surface area contributed by atoms with E-state index in [1.165, 1.54) is 43.0 Å². The fraction of sp³-hybridized carbons (Fsp3) is 0.895. The van der Waals surface area contributed by atoms with E-state index in [9.17, 15) is 0 Å². The monoisotopic (exact) mass is 422 g/mol. The molecule has 0 aromatic rings. The van der Waals surface area contributed by atoms with Gasteiger partial charge in [-0.05, 0) is 38.5 Å². The Balaban J connectivity index is 3.64. The lowest BCUT2D eigenvalue weighted by Gasteiger charge is -2.18. The molecule has 0 aliphatic carbocycles. The SMILES string of the molecule is CCCCOC(CCCCCC#CCCCI)OCCCC. The maximum absolute atomic E-state index is 5.85. The zero-order valence-electron chi connectivity index (χ0n) is 14.7. The Kier molecular flexibility index (Phi) is 19.4. The highest BCUT2D eigenvalue weighted by atomic mass is 127. The third kappa shape index (κ3) is 16.6. The zero-order valence-corrected chi connectivity index (χ0v) is 16.8. The summed E-state index contributed by atoms with van der Waals surface area (Å²) in [6, 6.07) is 0. The summed E-state index contributed by atoms with van der Waals surface area (Å²) in [5, 5.41) is 0. The van der Waals surface area contributed by atoms with E-state index >= 15 is 0 Å². The van der Waals surface area contributed by atoms with Gasteiger partial charge in [-0.3, -0.25) is 0 Å². The van der Waals surface area contributed by atoms with Gasteiger partial charge in [0.2, 0.25) is 0 Å². The van der Waals surface area contributed by atoms with Crippen LogP contribution in [0.15, 0.2) is 0 Å². The minimum absolute atomic E-state index is 0.00726. The predicted octanol–water partition coefficient (Wildman–Crippen LogP) is 6.12. The summed E-state index contributed by atoms with van der Waals surface area (Å²) in [6.07, 6.45) is 12.6. The molecule has 0 spiro atoms. The molecule has 0 N–H and O–H groups in total. The number of hydrogen-bond donors (Lipinski definition) is 0. The van der Waals surface area contributed by atoms with Gasteiger partial charge in [0.05, 0.1) is 0 Å². The first-order valence-electron chi connectivity index (χ1n) is 9.10. The van der Waals surface area contributed by atoms with E-state index in [0.29, 0.717) is 0 Å². The van der Waals surface area contributed by atoms with Crippen LogP contribution in [-0.2, 0) is 9.47 Å². The van der Waals surface area contributed by atoms with E-state index < -0.39 is 0 Å². The Hall–Kier alpha value is 0.210. The lowest BCUT2D eigenvalue weighted by Crippen LogP contribution is -2.18. The molecule has 0 aromatic heterocycles. The summed E-state index contributed by atoms with van der Waals surface area (Å²) >= 11 is 2.40. The first-order chi connectivity index (χ1) is 10.8. The average Bonchev–Trinajstić information content (AvgIpc) is 2.53. The molecule has 0 saturated heterocycles. The topological polar surface area (TPSA) is 18.5 Å². The highest BCUT2D eigenvalue weighted by molar-refractivity contribution is 14.1. The van der Waals surface area contributed by atoms with Crippen LogP contribution in [0.5, 0.6) is 0 Å². The van der Waals surface area contributed by atoms with Crippen LogP contribution < -0.4 is 0 Å². The van der Waals surface area contributed by atoms with Crippen molar-refractivity contribution in [2.24, 2.45) is 0 Å². The van der Waals surface area contributed by atoms with Gasteiger partial charge in [0.25, 0.3) is 0 Å². The minimum atomic E-state index is 0.00726. The summed E-state index contributed by atoms with van der Waals surface area (Å²) < 4.78 is 12.9. The van der Waals surface area contributed by atoms with E-state index in [0.717, 1.165) is 45.3 Å². The first-order valence-corrected chi connectivity index (χ1v) is 10.6. The number of unbranched alkanes of at least 4 members (excludes halogenated alkanes) is 6. The van der Waals surface area contributed by atoms with Crippen molar-refractivity contribution in [3.05, 3.63) is 0 Å². The lowest BCUT2D eigenvalue weighted by molar-refractivity contribution is -0.147. The van der Waals surface area contributed by atoms with Gasteiger partial charge in [0.15, 0.2) is 6.29 Å². The number of alkyl halides is 1. The van der Waals surface area contributed by atoms with Gasteiger partial charge in [0, 0.05) is 30.5 Å². The van der Waals surface area contributed by atoms with Crippen molar-refractivity contribution >= 4 is 22.6 Å². The maximum Gasteiger partial charge on any atom is 0.157 e. The fourth-order valence-electron chi connectivity index (χ4n) is 1.97. The van der Waals surface area contributed by atoms with Gasteiger partial charge in [-0.25, -0.2) is 0 Å². The largest absolute Gasteiger partial charge is 0.353 e. The van der Waals surface area contributed by atoms with Gasteiger partial charge in [-0.2, -0.15) is 0 Å². The lowest BCUT2D eigenvalue weighted by atomic mass is 10.1. The van der Waals surface area contributed by atoms with Gasteiger partial charge in [0.1, 0.15) is 0 Å². The average molecular weight is 422 g/mol. The molecule has 0 rings (SSSR count). The second-order valence-corrected chi connectivity index (χ2v) is 6.70. The second kappa shape index (κ2) is 19.3. The van der Waals surface area contributed by atoms with E-state index in [1.54, 1.807) is 0 Å². The van der Waals surface area contributed by atoms with Crippen molar-refractivity contribution in [1.29, 1.82) is 0 Å². The first kappa shape index (κ1) is 22.2. The zero-order chi connectivity index (χ0) is 16.3.